The third-order valence-corrected chi connectivity index (χ3v) is 5.09. The molecule has 0 aliphatic heterocycles. The van der Waals surface area contributed by atoms with Crippen molar-refractivity contribution in [1.82, 2.24) is 9.71 Å². The van der Waals surface area contributed by atoms with Crippen LogP contribution >= 0.6 is 0 Å². The highest BCUT2D eigenvalue weighted by molar-refractivity contribution is 7.89. The van der Waals surface area contributed by atoms with Gasteiger partial charge in [0.2, 0.25) is 15.9 Å². The fourth-order valence-electron chi connectivity index (χ4n) is 2.32. The number of aromatic nitrogens is 1. The van der Waals surface area contributed by atoms with E-state index < -0.39 is 22.0 Å². The van der Waals surface area contributed by atoms with Crippen molar-refractivity contribution < 1.29 is 13.2 Å². The summed E-state index contributed by atoms with van der Waals surface area (Å²) in [5.41, 5.74) is 1.54. The predicted octanol–water partition coefficient (Wildman–Crippen LogP) is 2.72. The maximum absolute atomic E-state index is 12.6. The zero-order valence-corrected chi connectivity index (χ0v) is 15.4. The first-order valence-corrected chi connectivity index (χ1v) is 9.56. The Kier molecular flexibility index (Phi) is 6.27. The summed E-state index contributed by atoms with van der Waals surface area (Å²) >= 11 is 0. The van der Waals surface area contributed by atoms with Crippen LogP contribution in [0.15, 0.2) is 53.7 Å². The molecule has 25 heavy (non-hydrogen) atoms. The van der Waals surface area contributed by atoms with E-state index >= 15 is 0 Å². The number of benzene rings is 1. The van der Waals surface area contributed by atoms with Gasteiger partial charge in [-0.15, -0.1) is 0 Å². The minimum atomic E-state index is -3.78. The second-order valence-electron chi connectivity index (χ2n) is 6.34. The SMILES string of the molecule is Cc1ccc(S(=O)(=O)N[C@@H](CC(C)C)C(=O)Nc2ccncc2)cc1. The molecule has 2 rings (SSSR count). The monoisotopic (exact) mass is 361 g/mol. The number of pyridine rings is 1. The zero-order chi connectivity index (χ0) is 18.4. The number of carbonyl (C=O) groups excluding carboxylic acids is 1. The summed E-state index contributed by atoms with van der Waals surface area (Å²) in [7, 11) is -3.78. The maximum Gasteiger partial charge on any atom is 0.242 e. The van der Waals surface area contributed by atoms with Crippen molar-refractivity contribution in [3.8, 4) is 0 Å². The lowest BCUT2D eigenvalue weighted by Crippen LogP contribution is -2.44. The van der Waals surface area contributed by atoms with Crippen molar-refractivity contribution >= 4 is 21.6 Å². The van der Waals surface area contributed by atoms with Crippen LogP contribution in [-0.2, 0) is 14.8 Å². The van der Waals surface area contributed by atoms with Crippen molar-refractivity contribution in [2.24, 2.45) is 5.92 Å². The molecule has 0 saturated carbocycles. The second-order valence-corrected chi connectivity index (χ2v) is 8.06. The summed E-state index contributed by atoms with van der Waals surface area (Å²) in [4.78, 5) is 16.6. The molecule has 2 aromatic rings. The first-order chi connectivity index (χ1) is 11.8. The average molecular weight is 361 g/mol. The minimum absolute atomic E-state index is 0.142. The highest BCUT2D eigenvalue weighted by Crippen LogP contribution is 2.15. The Balaban J connectivity index is 2.19. The van der Waals surface area contributed by atoms with E-state index in [-0.39, 0.29) is 10.8 Å². The maximum atomic E-state index is 12.6. The van der Waals surface area contributed by atoms with Gasteiger partial charge in [0.15, 0.2) is 0 Å². The van der Waals surface area contributed by atoms with E-state index in [1.165, 1.54) is 12.1 Å². The van der Waals surface area contributed by atoms with E-state index in [0.29, 0.717) is 12.1 Å². The Labute approximate surface area is 148 Å². The summed E-state index contributed by atoms with van der Waals surface area (Å²) in [5, 5.41) is 2.72. The Hall–Kier alpha value is -2.25. The number of aryl methyl sites for hydroxylation is 1. The van der Waals surface area contributed by atoms with Gasteiger partial charge in [0.25, 0.3) is 0 Å². The summed E-state index contributed by atoms with van der Waals surface area (Å²) in [6.45, 7) is 5.76. The molecule has 1 aromatic carbocycles. The number of carbonyl (C=O) groups is 1. The molecule has 0 aliphatic carbocycles. The molecular formula is C18H23N3O3S. The van der Waals surface area contributed by atoms with Crippen LogP contribution in [0.4, 0.5) is 5.69 Å². The Bertz CT molecular complexity index is 803. The molecule has 1 amide bonds. The molecule has 1 atom stereocenters. The number of hydrogen-bond donors (Lipinski definition) is 2. The normalized spacial score (nSPS) is 12.8. The average Bonchev–Trinajstić information content (AvgIpc) is 2.55. The molecule has 2 N–H and O–H groups in total. The quantitative estimate of drug-likeness (QED) is 0.794. The fraction of sp³-hybridized carbons (Fsp3) is 0.333. The van der Waals surface area contributed by atoms with E-state index in [1.54, 1.807) is 36.7 Å². The number of amides is 1. The molecular weight excluding hydrogens is 338 g/mol. The molecule has 1 heterocycles. The second kappa shape index (κ2) is 8.22. The Morgan fingerprint density at radius 3 is 2.24 bits per heavy atom. The molecule has 1 aromatic heterocycles. The standard InChI is InChI=1S/C18H23N3O3S/c1-13(2)12-17(18(22)20-15-8-10-19-11-9-15)21-25(23,24)16-6-4-14(3)5-7-16/h4-11,13,17,21H,12H2,1-3H3,(H,19,20,22)/t17-/m0/s1. The van der Waals surface area contributed by atoms with Crippen LogP contribution < -0.4 is 10.0 Å². The lowest BCUT2D eigenvalue weighted by Gasteiger charge is -2.20. The van der Waals surface area contributed by atoms with Crippen molar-refractivity contribution in [2.75, 3.05) is 5.32 Å². The predicted molar refractivity (Wildman–Crippen MR) is 97.6 cm³/mol. The van der Waals surface area contributed by atoms with Crippen LogP contribution in [0.25, 0.3) is 0 Å². The lowest BCUT2D eigenvalue weighted by molar-refractivity contribution is -0.118. The first kappa shape index (κ1) is 19.1. The van der Waals surface area contributed by atoms with Crippen LogP contribution in [0, 0.1) is 12.8 Å². The summed E-state index contributed by atoms with van der Waals surface area (Å²) in [6, 6.07) is 8.96. The Morgan fingerprint density at radius 2 is 1.68 bits per heavy atom. The summed E-state index contributed by atoms with van der Waals surface area (Å²) < 4.78 is 27.7. The molecule has 0 unspecified atom stereocenters. The van der Waals surface area contributed by atoms with Gasteiger partial charge in [0.05, 0.1) is 4.90 Å². The lowest BCUT2D eigenvalue weighted by atomic mass is 10.0. The number of rotatable bonds is 7. The third kappa shape index (κ3) is 5.65. The fourth-order valence-corrected chi connectivity index (χ4v) is 3.53. The molecule has 134 valence electrons. The van der Waals surface area contributed by atoms with Crippen molar-refractivity contribution in [3.63, 3.8) is 0 Å². The Morgan fingerprint density at radius 1 is 1.08 bits per heavy atom. The van der Waals surface area contributed by atoms with Gasteiger partial charge in [-0.3, -0.25) is 9.78 Å². The van der Waals surface area contributed by atoms with Crippen LogP contribution in [0.5, 0.6) is 0 Å². The van der Waals surface area contributed by atoms with Gasteiger partial charge in [-0.25, -0.2) is 8.42 Å². The van der Waals surface area contributed by atoms with E-state index in [0.717, 1.165) is 5.56 Å². The van der Waals surface area contributed by atoms with E-state index in [9.17, 15) is 13.2 Å². The van der Waals surface area contributed by atoms with Gasteiger partial charge >= 0.3 is 0 Å². The van der Waals surface area contributed by atoms with E-state index in [4.69, 9.17) is 0 Å². The van der Waals surface area contributed by atoms with Crippen molar-refractivity contribution in [1.29, 1.82) is 0 Å². The molecule has 6 nitrogen and oxygen atoms in total. The largest absolute Gasteiger partial charge is 0.325 e. The first-order valence-electron chi connectivity index (χ1n) is 8.08. The van der Waals surface area contributed by atoms with Crippen LogP contribution in [0.2, 0.25) is 0 Å². The smallest absolute Gasteiger partial charge is 0.242 e. The summed E-state index contributed by atoms with van der Waals surface area (Å²) in [6.07, 6.45) is 3.51. The molecule has 0 saturated heterocycles. The van der Waals surface area contributed by atoms with Crippen LogP contribution in [0.3, 0.4) is 0 Å². The van der Waals surface area contributed by atoms with Gasteiger partial charge in [0.1, 0.15) is 6.04 Å². The van der Waals surface area contributed by atoms with Crippen molar-refractivity contribution in [3.05, 3.63) is 54.4 Å². The van der Waals surface area contributed by atoms with Gasteiger partial charge in [-0.2, -0.15) is 4.72 Å². The number of nitrogens with one attached hydrogen (secondary N) is 2. The van der Waals surface area contributed by atoms with Gasteiger partial charge in [0, 0.05) is 18.1 Å². The molecule has 0 spiro atoms. The van der Waals surface area contributed by atoms with Crippen LogP contribution in [-0.4, -0.2) is 25.4 Å². The number of anilines is 1. The van der Waals surface area contributed by atoms with E-state index in [1.807, 2.05) is 20.8 Å². The zero-order valence-electron chi connectivity index (χ0n) is 14.6. The van der Waals surface area contributed by atoms with Gasteiger partial charge in [-0.05, 0) is 43.5 Å². The van der Waals surface area contributed by atoms with Gasteiger partial charge < -0.3 is 5.32 Å². The molecule has 0 aliphatic rings. The third-order valence-electron chi connectivity index (χ3n) is 3.60. The van der Waals surface area contributed by atoms with Crippen LogP contribution in [0.1, 0.15) is 25.8 Å². The van der Waals surface area contributed by atoms with Gasteiger partial charge in [-0.1, -0.05) is 31.5 Å². The highest BCUT2D eigenvalue weighted by Gasteiger charge is 2.26. The minimum Gasteiger partial charge on any atom is -0.325 e. The molecule has 0 bridgehead atoms. The molecule has 0 fully saturated rings. The number of sulfonamides is 1. The summed E-state index contributed by atoms with van der Waals surface area (Å²) in [5.74, 6) is -0.246. The number of nitrogens with zero attached hydrogens (tertiary/aromatic N) is 1. The van der Waals surface area contributed by atoms with E-state index in [2.05, 4.69) is 15.0 Å². The number of hydrogen-bond acceptors (Lipinski definition) is 4. The highest BCUT2D eigenvalue weighted by atomic mass is 32.2. The topological polar surface area (TPSA) is 88.2 Å². The molecule has 0 radical (unpaired) electrons. The van der Waals surface area contributed by atoms with Crippen molar-refractivity contribution in [2.45, 2.75) is 38.1 Å². The molecule has 7 heteroatoms.